The van der Waals surface area contributed by atoms with Crippen LogP contribution >= 0.6 is 0 Å². The van der Waals surface area contributed by atoms with Gasteiger partial charge in [-0.2, -0.15) is 0 Å². The van der Waals surface area contributed by atoms with Gasteiger partial charge < -0.3 is 5.73 Å². The first-order chi connectivity index (χ1) is 9.38. The van der Waals surface area contributed by atoms with Crippen molar-refractivity contribution >= 4 is 0 Å². The number of benzene rings is 2. The molecule has 19 heavy (non-hydrogen) atoms. The minimum Gasteiger partial charge on any atom is -0.330 e. The highest BCUT2D eigenvalue weighted by atomic mass is 14.5. The minimum atomic E-state index is 0.815. The Morgan fingerprint density at radius 2 is 1.26 bits per heavy atom. The zero-order chi connectivity index (χ0) is 13.3. The first-order valence-corrected chi connectivity index (χ1v) is 7.20. The van der Waals surface area contributed by atoms with Crippen LogP contribution in [-0.2, 0) is 12.8 Å². The number of hydrogen-bond donors (Lipinski definition) is 1. The Morgan fingerprint density at radius 3 is 1.95 bits per heavy atom. The molecule has 2 N–H and O–H groups in total. The zero-order valence-electron chi connectivity index (χ0n) is 11.5. The predicted octanol–water partition coefficient (Wildman–Crippen LogP) is 3.95. The molecule has 0 saturated carbocycles. The highest BCUT2D eigenvalue weighted by Gasteiger charge is 1.97. The summed E-state index contributed by atoms with van der Waals surface area (Å²) in [6.07, 6.45) is 5.82. The van der Waals surface area contributed by atoms with E-state index in [1.54, 1.807) is 0 Å². The van der Waals surface area contributed by atoms with Gasteiger partial charge in [-0.15, -0.1) is 0 Å². The molecule has 2 rings (SSSR count). The van der Waals surface area contributed by atoms with Crippen LogP contribution in [0.2, 0.25) is 0 Å². The third-order valence-corrected chi connectivity index (χ3v) is 3.44. The fourth-order valence-electron chi connectivity index (χ4n) is 2.31. The maximum atomic E-state index is 5.50. The summed E-state index contributed by atoms with van der Waals surface area (Å²) in [5, 5.41) is 0. The van der Waals surface area contributed by atoms with Crippen molar-refractivity contribution in [1.82, 2.24) is 0 Å². The second-order valence-electron chi connectivity index (χ2n) is 5.08. The van der Waals surface area contributed by atoms with Crippen LogP contribution in [0.4, 0.5) is 0 Å². The van der Waals surface area contributed by atoms with Crippen LogP contribution in [0.5, 0.6) is 0 Å². The molecule has 0 aromatic heterocycles. The highest BCUT2D eigenvalue weighted by molar-refractivity contribution is 5.28. The largest absolute Gasteiger partial charge is 0.330 e. The van der Waals surface area contributed by atoms with Crippen molar-refractivity contribution in [3.8, 4) is 0 Å². The number of hydrogen-bond acceptors (Lipinski definition) is 1. The molecular weight excluding hydrogens is 230 g/mol. The van der Waals surface area contributed by atoms with Gasteiger partial charge >= 0.3 is 0 Å². The van der Waals surface area contributed by atoms with Gasteiger partial charge in [0.25, 0.3) is 0 Å². The van der Waals surface area contributed by atoms with Crippen molar-refractivity contribution in [2.75, 3.05) is 6.54 Å². The smallest absolute Gasteiger partial charge is 0.00258 e. The van der Waals surface area contributed by atoms with E-state index in [0.717, 1.165) is 19.4 Å². The molecule has 1 nitrogen and oxygen atoms in total. The van der Waals surface area contributed by atoms with Crippen LogP contribution in [0.25, 0.3) is 0 Å². The third kappa shape index (κ3) is 4.88. The van der Waals surface area contributed by atoms with Crippen molar-refractivity contribution in [3.05, 3.63) is 71.3 Å². The molecule has 0 aliphatic carbocycles. The lowest BCUT2D eigenvalue weighted by Gasteiger charge is -2.05. The van der Waals surface area contributed by atoms with Crippen molar-refractivity contribution in [2.24, 2.45) is 5.73 Å². The summed E-state index contributed by atoms with van der Waals surface area (Å²) >= 11 is 0. The Labute approximate surface area is 116 Å². The van der Waals surface area contributed by atoms with E-state index < -0.39 is 0 Å². The minimum absolute atomic E-state index is 0.815. The SMILES string of the molecule is NCCCCCc1ccc(Cc2ccccc2)cc1. The summed E-state index contributed by atoms with van der Waals surface area (Å²) in [4.78, 5) is 0. The summed E-state index contributed by atoms with van der Waals surface area (Å²) in [6.45, 7) is 0.815. The van der Waals surface area contributed by atoms with Crippen LogP contribution in [0.1, 0.15) is 36.0 Å². The lowest BCUT2D eigenvalue weighted by molar-refractivity contribution is 0.686. The highest BCUT2D eigenvalue weighted by Crippen LogP contribution is 2.12. The maximum absolute atomic E-state index is 5.50. The van der Waals surface area contributed by atoms with Crippen molar-refractivity contribution in [2.45, 2.75) is 32.1 Å². The quantitative estimate of drug-likeness (QED) is 0.743. The predicted molar refractivity (Wildman–Crippen MR) is 82.3 cm³/mol. The van der Waals surface area contributed by atoms with E-state index in [4.69, 9.17) is 5.73 Å². The monoisotopic (exact) mass is 253 g/mol. The first-order valence-electron chi connectivity index (χ1n) is 7.20. The Morgan fingerprint density at radius 1 is 0.632 bits per heavy atom. The molecule has 0 amide bonds. The third-order valence-electron chi connectivity index (χ3n) is 3.44. The molecule has 0 heterocycles. The molecule has 0 fully saturated rings. The molecular formula is C18H23N. The molecule has 0 unspecified atom stereocenters. The summed E-state index contributed by atoms with van der Waals surface area (Å²) < 4.78 is 0. The molecule has 1 heteroatoms. The lowest BCUT2D eigenvalue weighted by atomic mass is 10.0. The molecule has 0 atom stereocenters. The summed E-state index contributed by atoms with van der Waals surface area (Å²) in [7, 11) is 0. The van der Waals surface area contributed by atoms with Crippen LogP contribution in [0.15, 0.2) is 54.6 Å². The number of aryl methyl sites for hydroxylation is 1. The maximum Gasteiger partial charge on any atom is -0.00258 e. The first kappa shape index (κ1) is 13.8. The van der Waals surface area contributed by atoms with E-state index in [-0.39, 0.29) is 0 Å². The van der Waals surface area contributed by atoms with Crippen LogP contribution in [-0.4, -0.2) is 6.54 Å². The van der Waals surface area contributed by atoms with Gasteiger partial charge in [0.05, 0.1) is 0 Å². The van der Waals surface area contributed by atoms with E-state index in [2.05, 4.69) is 54.6 Å². The molecule has 2 aromatic rings. The molecule has 0 bridgehead atoms. The van der Waals surface area contributed by atoms with E-state index >= 15 is 0 Å². The average Bonchev–Trinajstić information content (AvgIpc) is 2.46. The van der Waals surface area contributed by atoms with Crippen molar-refractivity contribution in [1.29, 1.82) is 0 Å². The summed E-state index contributed by atoms with van der Waals surface area (Å²) in [6, 6.07) is 19.7. The van der Waals surface area contributed by atoms with Gasteiger partial charge in [0.1, 0.15) is 0 Å². The number of nitrogens with two attached hydrogens (primary N) is 1. The number of rotatable bonds is 7. The van der Waals surface area contributed by atoms with Crippen LogP contribution < -0.4 is 5.73 Å². The van der Waals surface area contributed by atoms with Gasteiger partial charge in [0.15, 0.2) is 0 Å². The van der Waals surface area contributed by atoms with Crippen molar-refractivity contribution < 1.29 is 0 Å². The van der Waals surface area contributed by atoms with Crippen molar-refractivity contribution in [3.63, 3.8) is 0 Å². The Balaban J connectivity index is 1.84. The lowest BCUT2D eigenvalue weighted by Crippen LogP contribution is -1.98. The van der Waals surface area contributed by atoms with Crippen LogP contribution in [0, 0.1) is 0 Å². The summed E-state index contributed by atoms with van der Waals surface area (Å²) in [5.74, 6) is 0. The molecule has 2 aromatic carbocycles. The Kier molecular flexibility index (Phi) is 5.64. The van der Waals surface area contributed by atoms with Gasteiger partial charge in [-0.3, -0.25) is 0 Å². The Hall–Kier alpha value is -1.60. The summed E-state index contributed by atoms with van der Waals surface area (Å²) in [5.41, 5.74) is 9.70. The van der Waals surface area contributed by atoms with E-state index in [0.29, 0.717) is 0 Å². The molecule has 0 radical (unpaired) electrons. The van der Waals surface area contributed by atoms with Gasteiger partial charge in [-0.1, -0.05) is 61.0 Å². The number of unbranched alkanes of at least 4 members (excludes halogenated alkanes) is 2. The van der Waals surface area contributed by atoms with Gasteiger partial charge in [0.2, 0.25) is 0 Å². The standard InChI is InChI=1S/C18H23N/c19-14-6-2-5-7-16-10-12-18(13-11-16)15-17-8-3-1-4-9-17/h1,3-4,8-13H,2,5-7,14-15,19H2. The fourth-order valence-corrected chi connectivity index (χ4v) is 2.31. The molecule has 0 saturated heterocycles. The topological polar surface area (TPSA) is 26.0 Å². The second-order valence-corrected chi connectivity index (χ2v) is 5.08. The van der Waals surface area contributed by atoms with Crippen LogP contribution in [0.3, 0.4) is 0 Å². The molecule has 0 spiro atoms. The van der Waals surface area contributed by atoms with Gasteiger partial charge in [-0.05, 0) is 48.9 Å². The molecule has 100 valence electrons. The molecule has 0 aliphatic heterocycles. The van der Waals surface area contributed by atoms with E-state index in [1.807, 2.05) is 0 Å². The Bertz CT molecular complexity index is 459. The van der Waals surface area contributed by atoms with Gasteiger partial charge in [-0.25, -0.2) is 0 Å². The van der Waals surface area contributed by atoms with E-state index in [1.165, 1.54) is 36.0 Å². The second kappa shape index (κ2) is 7.75. The average molecular weight is 253 g/mol. The fraction of sp³-hybridized carbons (Fsp3) is 0.333. The zero-order valence-corrected chi connectivity index (χ0v) is 11.5. The molecule has 0 aliphatic rings. The normalized spacial score (nSPS) is 10.6. The van der Waals surface area contributed by atoms with Gasteiger partial charge in [0, 0.05) is 0 Å². The van der Waals surface area contributed by atoms with E-state index in [9.17, 15) is 0 Å².